The first-order chi connectivity index (χ1) is 10.8. The third-order valence-electron chi connectivity index (χ3n) is 4.14. The largest absolute Gasteiger partial charge is 0.381 e. The minimum Gasteiger partial charge on any atom is -0.381 e. The van der Waals surface area contributed by atoms with Gasteiger partial charge in [0, 0.05) is 62.1 Å². The SMILES string of the molecule is CCN1CCN(c2cccc(NCc3cncnc3)c2)CC1. The molecule has 5 heteroatoms. The van der Waals surface area contributed by atoms with Crippen LogP contribution in [0.4, 0.5) is 11.4 Å². The third-order valence-corrected chi connectivity index (χ3v) is 4.14. The minimum atomic E-state index is 0.744. The van der Waals surface area contributed by atoms with Crippen LogP contribution < -0.4 is 10.2 Å². The highest BCUT2D eigenvalue weighted by Gasteiger charge is 2.15. The highest BCUT2D eigenvalue weighted by Crippen LogP contribution is 2.21. The van der Waals surface area contributed by atoms with Crippen LogP contribution in [0.25, 0.3) is 0 Å². The number of rotatable bonds is 5. The van der Waals surface area contributed by atoms with Crippen molar-refractivity contribution in [3.63, 3.8) is 0 Å². The van der Waals surface area contributed by atoms with E-state index in [9.17, 15) is 0 Å². The van der Waals surface area contributed by atoms with Crippen LogP contribution in [0.5, 0.6) is 0 Å². The number of hydrogen-bond acceptors (Lipinski definition) is 5. The molecule has 0 atom stereocenters. The lowest BCUT2D eigenvalue weighted by molar-refractivity contribution is 0.271. The molecule has 1 aliphatic heterocycles. The summed E-state index contributed by atoms with van der Waals surface area (Å²) in [6.07, 6.45) is 5.24. The van der Waals surface area contributed by atoms with Crippen molar-refractivity contribution in [1.29, 1.82) is 0 Å². The number of nitrogens with zero attached hydrogens (tertiary/aromatic N) is 4. The molecule has 0 saturated carbocycles. The lowest BCUT2D eigenvalue weighted by atomic mass is 10.2. The summed E-state index contributed by atoms with van der Waals surface area (Å²) < 4.78 is 0. The molecule has 1 aliphatic rings. The molecule has 0 amide bonds. The van der Waals surface area contributed by atoms with Crippen molar-refractivity contribution in [3.8, 4) is 0 Å². The summed E-state index contributed by atoms with van der Waals surface area (Å²) in [5.41, 5.74) is 3.52. The van der Waals surface area contributed by atoms with Gasteiger partial charge in [0.1, 0.15) is 6.33 Å². The van der Waals surface area contributed by atoms with Crippen LogP contribution in [0.2, 0.25) is 0 Å². The summed E-state index contributed by atoms with van der Waals surface area (Å²) in [7, 11) is 0. The van der Waals surface area contributed by atoms with Gasteiger partial charge >= 0.3 is 0 Å². The van der Waals surface area contributed by atoms with Crippen LogP contribution in [0.1, 0.15) is 12.5 Å². The molecule has 5 nitrogen and oxygen atoms in total. The predicted molar refractivity (Wildman–Crippen MR) is 90.1 cm³/mol. The summed E-state index contributed by atoms with van der Waals surface area (Å²) in [6, 6.07) is 8.64. The van der Waals surface area contributed by atoms with E-state index in [2.05, 4.69) is 56.3 Å². The van der Waals surface area contributed by atoms with Gasteiger partial charge in [-0.05, 0) is 24.7 Å². The molecular weight excluding hydrogens is 274 g/mol. The fraction of sp³-hybridized carbons (Fsp3) is 0.412. The molecular formula is C17H23N5. The van der Waals surface area contributed by atoms with Crippen LogP contribution in [0.15, 0.2) is 43.0 Å². The zero-order valence-electron chi connectivity index (χ0n) is 13.1. The molecule has 1 aromatic carbocycles. The van der Waals surface area contributed by atoms with E-state index >= 15 is 0 Å². The van der Waals surface area contributed by atoms with Gasteiger partial charge in [-0.2, -0.15) is 0 Å². The van der Waals surface area contributed by atoms with Crippen LogP contribution >= 0.6 is 0 Å². The number of nitrogens with one attached hydrogen (secondary N) is 1. The van der Waals surface area contributed by atoms with Gasteiger partial charge in [0.25, 0.3) is 0 Å². The van der Waals surface area contributed by atoms with E-state index in [0.717, 1.165) is 50.5 Å². The number of piperazine rings is 1. The topological polar surface area (TPSA) is 44.3 Å². The van der Waals surface area contributed by atoms with Crippen molar-refractivity contribution < 1.29 is 0 Å². The van der Waals surface area contributed by atoms with Crippen molar-refractivity contribution >= 4 is 11.4 Å². The Labute approximate surface area is 132 Å². The summed E-state index contributed by atoms with van der Waals surface area (Å²) in [4.78, 5) is 13.0. The molecule has 1 saturated heterocycles. The van der Waals surface area contributed by atoms with Gasteiger partial charge in [-0.25, -0.2) is 9.97 Å². The smallest absolute Gasteiger partial charge is 0.115 e. The van der Waals surface area contributed by atoms with Crippen molar-refractivity contribution in [1.82, 2.24) is 14.9 Å². The highest BCUT2D eigenvalue weighted by atomic mass is 15.3. The second-order valence-electron chi connectivity index (χ2n) is 5.57. The Morgan fingerprint density at radius 3 is 2.59 bits per heavy atom. The fourth-order valence-electron chi connectivity index (χ4n) is 2.76. The monoisotopic (exact) mass is 297 g/mol. The van der Waals surface area contributed by atoms with Crippen molar-refractivity contribution in [2.24, 2.45) is 0 Å². The van der Waals surface area contributed by atoms with E-state index in [1.54, 1.807) is 6.33 Å². The van der Waals surface area contributed by atoms with E-state index in [1.165, 1.54) is 5.69 Å². The number of hydrogen-bond donors (Lipinski definition) is 1. The lowest BCUT2D eigenvalue weighted by Gasteiger charge is -2.35. The van der Waals surface area contributed by atoms with E-state index in [4.69, 9.17) is 0 Å². The molecule has 1 aromatic heterocycles. The Kier molecular flexibility index (Phi) is 4.85. The molecule has 2 heterocycles. The average molecular weight is 297 g/mol. The molecule has 0 unspecified atom stereocenters. The van der Waals surface area contributed by atoms with E-state index in [-0.39, 0.29) is 0 Å². The van der Waals surface area contributed by atoms with Gasteiger partial charge in [-0.3, -0.25) is 0 Å². The molecule has 0 bridgehead atoms. The van der Waals surface area contributed by atoms with Gasteiger partial charge in [0.15, 0.2) is 0 Å². The molecule has 0 radical (unpaired) electrons. The minimum absolute atomic E-state index is 0.744. The second-order valence-corrected chi connectivity index (χ2v) is 5.57. The molecule has 0 aliphatic carbocycles. The fourth-order valence-corrected chi connectivity index (χ4v) is 2.76. The number of aromatic nitrogens is 2. The summed E-state index contributed by atoms with van der Waals surface area (Å²) in [5, 5.41) is 3.44. The van der Waals surface area contributed by atoms with E-state index in [0.29, 0.717) is 0 Å². The van der Waals surface area contributed by atoms with Gasteiger partial charge in [-0.15, -0.1) is 0 Å². The predicted octanol–water partition coefficient (Wildman–Crippen LogP) is 2.23. The van der Waals surface area contributed by atoms with E-state index in [1.807, 2.05) is 12.4 Å². The van der Waals surface area contributed by atoms with Gasteiger partial charge < -0.3 is 15.1 Å². The maximum Gasteiger partial charge on any atom is 0.115 e. The molecule has 116 valence electrons. The normalized spacial score (nSPS) is 15.8. The Balaban J connectivity index is 1.60. The lowest BCUT2D eigenvalue weighted by Crippen LogP contribution is -2.46. The van der Waals surface area contributed by atoms with Gasteiger partial charge in [0.2, 0.25) is 0 Å². The first-order valence-corrected chi connectivity index (χ1v) is 7.90. The molecule has 1 N–H and O–H groups in total. The maximum absolute atomic E-state index is 4.04. The van der Waals surface area contributed by atoms with Crippen LogP contribution in [0.3, 0.4) is 0 Å². The zero-order valence-corrected chi connectivity index (χ0v) is 13.1. The van der Waals surface area contributed by atoms with Crippen molar-refractivity contribution in [3.05, 3.63) is 48.5 Å². The third kappa shape index (κ3) is 3.74. The molecule has 2 aromatic rings. The maximum atomic E-state index is 4.04. The Morgan fingerprint density at radius 2 is 1.86 bits per heavy atom. The average Bonchev–Trinajstić information content (AvgIpc) is 2.61. The first kappa shape index (κ1) is 14.8. The molecule has 1 fully saturated rings. The zero-order chi connectivity index (χ0) is 15.2. The Hall–Kier alpha value is -2.14. The van der Waals surface area contributed by atoms with Crippen LogP contribution in [0, 0.1) is 0 Å². The second kappa shape index (κ2) is 7.22. The van der Waals surface area contributed by atoms with Crippen LogP contribution in [-0.4, -0.2) is 47.6 Å². The van der Waals surface area contributed by atoms with E-state index < -0.39 is 0 Å². The standard InChI is InChI=1S/C17H23N5/c1-2-21-6-8-22(9-7-21)17-5-3-4-16(10-17)20-13-15-11-18-14-19-12-15/h3-5,10-12,14,20H,2,6-9,13H2,1H3. The Morgan fingerprint density at radius 1 is 1.09 bits per heavy atom. The molecule has 0 spiro atoms. The van der Waals surface area contributed by atoms with Gasteiger partial charge in [0.05, 0.1) is 0 Å². The molecule has 22 heavy (non-hydrogen) atoms. The number of likely N-dealkylation sites (N-methyl/N-ethyl adjacent to an activating group) is 1. The quantitative estimate of drug-likeness (QED) is 0.917. The van der Waals surface area contributed by atoms with Crippen molar-refractivity contribution in [2.45, 2.75) is 13.5 Å². The summed E-state index contributed by atoms with van der Waals surface area (Å²) >= 11 is 0. The number of anilines is 2. The highest BCUT2D eigenvalue weighted by molar-refractivity contribution is 5.58. The summed E-state index contributed by atoms with van der Waals surface area (Å²) in [5.74, 6) is 0. The summed E-state index contributed by atoms with van der Waals surface area (Å²) in [6.45, 7) is 8.62. The Bertz CT molecular complexity index is 579. The van der Waals surface area contributed by atoms with Crippen LogP contribution in [-0.2, 0) is 6.54 Å². The van der Waals surface area contributed by atoms with Gasteiger partial charge in [-0.1, -0.05) is 13.0 Å². The number of benzene rings is 1. The van der Waals surface area contributed by atoms with Crippen molar-refractivity contribution in [2.75, 3.05) is 42.9 Å². The molecule has 3 rings (SSSR count). The first-order valence-electron chi connectivity index (χ1n) is 7.90.